The van der Waals surface area contributed by atoms with E-state index in [4.69, 9.17) is 4.74 Å². The van der Waals surface area contributed by atoms with Crippen LogP contribution in [0.5, 0.6) is 0 Å². The molecule has 0 spiro atoms. The van der Waals surface area contributed by atoms with Gasteiger partial charge in [-0.2, -0.15) is 9.78 Å². The molecule has 8 nitrogen and oxygen atoms in total. The molecular weight excluding hydrogens is 246 g/mol. The minimum atomic E-state index is 0.592. The molecule has 0 aliphatic heterocycles. The Hall–Kier alpha value is -1.80. The molecule has 0 saturated heterocycles. The molecule has 0 unspecified atom stereocenters. The Labute approximate surface area is 111 Å². The molecule has 0 radical (unpaired) electrons. The van der Waals surface area contributed by atoms with Gasteiger partial charge in [0.05, 0.1) is 25.0 Å². The third-order valence-corrected chi connectivity index (χ3v) is 2.75. The van der Waals surface area contributed by atoms with E-state index >= 15 is 0 Å². The molecule has 2 heterocycles. The van der Waals surface area contributed by atoms with Gasteiger partial charge in [0, 0.05) is 20.7 Å². The van der Waals surface area contributed by atoms with E-state index in [1.807, 2.05) is 13.2 Å². The molecule has 104 valence electrons. The van der Waals surface area contributed by atoms with Crippen molar-refractivity contribution in [3.63, 3.8) is 0 Å². The van der Waals surface area contributed by atoms with Crippen LogP contribution in [0, 0.1) is 0 Å². The fourth-order valence-electron chi connectivity index (χ4n) is 1.83. The molecule has 1 N–H and O–H groups in total. The van der Waals surface area contributed by atoms with Crippen molar-refractivity contribution in [2.24, 2.45) is 7.05 Å². The zero-order chi connectivity index (χ0) is 13.7. The minimum Gasteiger partial charge on any atom is -0.383 e. The van der Waals surface area contributed by atoms with Crippen LogP contribution >= 0.6 is 0 Å². The van der Waals surface area contributed by atoms with E-state index in [1.165, 1.54) is 0 Å². The van der Waals surface area contributed by atoms with E-state index < -0.39 is 0 Å². The first kappa shape index (κ1) is 13.6. The molecule has 2 aromatic heterocycles. The molecule has 19 heavy (non-hydrogen) atoms. The molecule has 0 saturated carbocycles. The van der Waals surface area contributed by atoms with Gasteiger partial charge in [0.25, 0.3) is 0 Å². The average Bonchev–Trinajstić information content (AvgIpc) is 3.00. The summed E-state index contributed by atoms with van der Waals surface area (Å²) in [5.74, 6) is 0.763. The van der Waals surface area contributed by atoms with Crippen molar-refractivity contribution >= 4 is 0 Å². The monoisotopic (exact) mass is 265 g/mol. The van der Waals surface area contributed by atoms with Crippen molar-refractivity contribution in [2.75, 3.05) is 20.3 Å². The Kier molecular flexibility index (Phi) is 4.58. The summed E-state index contributed by atoms with van der Waals surface area (Å²) < 4.78 is 8.49. The van der Waals surface area contributed by atoms with Crippen molar-refractivity contribution in [3.8, 4) is 5.69 Å². The predicted molar refractivity (Wildman–Crippen MR) is 68.9 cm³/mol. The normalized spacial score (nSPS) is 11.1. The van der Waals surface area contributed by atoms with Crippen molar-refractivity contribution in [1.29, 1.82) is 0 Å². The zero-order valence-corrected chi connectivity index (χ0v) is 11.5. The van der Waals surface area contributed by atoms with Crippen LogP contribution in [0.3, 0.4) is 0 Å². The van der Waals surface area contributed by atoms with Gasteiger partial charge in [0.1, 0.15) is 5.69 Å². The second kappa shape index (κ2) is 6.39. The van der Waals surface area contributed by atoms with Gasteiger partial charge >= 0.3 is 0 Å². The van der Waals surface area contributed by atoms with Crippen LogP contribution in [0.15, 0.2) is 6.20 Å². The molecule has 0 aliphatic rings. The van der Waals surface area contributed by atoms with Crippen molar-refractivity contribution in [2.45, 2.75) is 19.9 Å². The molecule has 8 heteroatoms. The van der Waals surface area contributed by atoms with Crippen LogP contribution < -0.4 is 5.32 Å². The van der Waals surface area contributed by atoms with Crippen LogP contribution in [0.1, 0.15) is 18.4 Å². The summed E-state index contributed by atoms with van der Waals surface area (Å²) in [6.45, 7) is 4.08. The fraction of sp³-hybridized carbons (Fsp3) is 0.636. The lowest BCUT2D eigenvalue weighted by Gasteiger charge is -2.05. The number of hydrogen-bond acceptors (Lipinski definition) is 6. The summed E-state index contributed by atoms with van der Waals surface area (Å²) in [5.41, 5.74) is 1.91. The summed E-state index contributed by atoms with van der Waals surface area (Å²) in [7, 11) is 3.57. The second-order valence-corrected chi connectivity index (χ2v) is 4.16. The molecular formula is C11H19N7O. The predicted octanol–water partition coefficient (Wildman–Crippen LogP) is -0.306. The van der Waals surface area contributed by atoms with E-state index in [0.29, 0.717) is 13.2 Å². The number of nitrogens with one attached hydrogen (secondary N) is 1. The summed E-state index contributed by atoms with van der Waals surface area (Å²) in [6.07, 6.45) is 2.76. The number of rotatable bonds is 7. The maximum absolute atomic E-state index is 4.98. The highest BCUT2D eigenvalue weighted by Crippen LogP contribution is 2.13. The number of tetrazole rings is 1. The molecule has 0 aromatic carbocycles. The first-order valence-electron chi connectivity index (χ1n) is 6.26. The zero-order valence-electron chi connectivity index (χ0n) is 11.5. The number of ether oxygens (including phenoxy) is 1. The van der Waals surface area contributed by atoms with Gasteiger partial charge in [-0.05, 0) is 16.8 Å². The quantitative estimate of drug-likeness (QED) is 0.692. The summed E-state index contributed by atoms with van der Waals surface area (Å²) in [4.78, 5) is 0. The Morgan fingerprint density at radius 3 is 3.00 bits per heavy atom. The number of nitrogens with zero attached hydrogens (tertiary/aromatic N) is 6. The molecule has 0 aliphatic carbocycles. The number of aryl methyl sites for hydroxylation is 2. The van der Waals surface area contributed by atoms with Gasteiger partial charge in [0.15, 0.2) is 5.82 Å². The minimum absolute atomic E-state index is 0.592. The SMILES string of the molecule is CCc1nn(C)cc1-n1nnnc1CNCCOC. The highest BCUT2D eigenvalue weighted by Gasteiger charge is 2.14. The lowest BCUT2D eigenvalue weighted by molar-refractivity contribution is 0.199. The lowest BCUT2D eigenvalue weighted by atomic mass is 10.3. The maximum Gasteiger partial charge on any atom is 0.170 e. The highest BCUT2D eigenvalue weighted by atomic mass is 16.5. The summed E-state index contributed by atoms with van der Waals surface area (Å²) in [5, 5.41) is 19.4. The van der Waals surface area contributed by atoms with Gasteiger partial charge in [-0.3, -0.25) is 4.68 Å². The lowest BCUT2D eigenvalue weighted by Crippen LogP contribution is -2.21. The van der Waals surface area contributed by atoms with Crippen LogP contribution in [0.25, 0.3) is 5.69 Å². The van der Waals surface area contributed by atoms with E-state index in [-0.39, 0.29) is 0 Å². The third-order valence-electron chi connectivity index (χ3n) is 2.75. The molecule has 0 amide bonds. The van der Waals surface area contributed by atoms with E-state index in [9.17, 15) is 0 Å². The van der Waals surface area contributed by atoms with Crippen molar-refractivity contribution in [1.82, 2.24) is 35.3 Å². The summed E-state index contributed by atoms with van der Waals surface area (Å²) in [6, 6.07) is 0. The van der Waals surface area contributed by atoms with Gasteiger partial charge in [0.2, 0.25) is 0 Å². The van der Waals surface area contributed by atoms with Gasteiger partial charge < -0.3 is 10.1 Å². The van der Waals surface area contributed by atoms with Gasteiger partial charge in [-0.15, -0.1) is 5.10 Å². The fourth-order valence-corrected chi connectivity index (χ4v) is 1.83. The molecule has 2 rings (SSSR count). The standard InChI is InChI=1S/C11H19N7O/c1-4-9-10(8-17(2)14-9)18-11(13-15-16-18)7-12-5-6-19-3/h8,12H,4-7H2,1-3H3. The van der Waals surface area contributed by atoms with Gasteiger partial charge in [-0.25, -0.2) is 0 Å². The van der Waals surface area contributed by atoms with Gasteiger partial charge in [-0.1, -0.05) is 6.92 Å². The molecule has 0 bridgehead atoms. The largest absolute Gasteiger partial charge is 0.383 e. The number of hydrogen-bond donors (Lipinski definition) is 1. The van der Waals surface area contributed by atoms with E-state index in [1.54, 1.807) is 16.5 Å². The number of methoxy groups -OCH3 is 1. The second-order valence-electron chi connectivity index (χ2n) is 4.16. The van der Waals surface area contributed by atoms with E-state index in [2.05, 4.69) is 32.9 Å². The Morgan fingerprint density at radius 2 is 2.26 bits per heavy atom. The van der Waals surface area contributed by atoms with Crippen LogP contribution in [0.4, 0.5) is 0 Å². The average molecular weight is 265 g/mol. The molecule has 2 aromatic rings. The van der Waals surface area contributed by atoms with Crippen LogP contribution in [-0.4, -0.2) is 50.2 Å². The summed E-state index contributed by atoms with van der Waals surface area (Å²) >= 11 is 0. The smallest absolute Gasteiger partial charge is 0.170 e. The topological polar surface area (TPSA) is 82.7 Å². The van der Waals surface area contributed by atoms with Crippen LogP contribution in [-0.2, 0) is 24.8 Å². The Morgan fingerprint density at radius 1 is 1.42 bits per heavy atom. The van der Waals surface area contributed by atoms with E-state index in [0.717, 1.165) is 30.2 Å². The van der Waals surface area contributed by atoms with Crippen LogP contribution in [0.2, 0.25) is 0 Å². The molecule has 0 atom stereocenters. The Bertz CT molecular complexity index is 519. The highest BCUT2D eigenvalue weighted by molar-refractivity contribution is 5.34. The molecule has 0 fully saturated rings. The Balaban J connectivity index is 2.14. The number of aromatic nitrogens is 6. The first-order chi connectivity index (χ1) is 9.26. The van der Waals surface area contributed by atoms with Crippen molar-refractivity contribution < 1.29 is 4.74 Å². The third kappa shape index (κ3) is 3.15. The first-order valence-corrected chi connectivity index (χ1v) is 6.26. The van der Waals surface area contributed by atoms with Crippen molar-refractivity contribution in [3.05, 3.63) is 17.7 Å². The maximum atomic E-state index is 4.98.